The molecule has 1 aromatic heterocycles. The zero-order valence-electron chi connectivity index (χ0n) is 13.2. The molecule has 2 atom stereocenters. The quantitative estimate of drug-likeness (QED) is 0.866. The van der Waals surface area contributed by atoms with E-state index in [1.807, 2.05) is 45.5 Å². The Morgan fingerprint density at radius 2 is 2.10 bits per heavy atom. The summed E-state index contributed by atoms with van der Waals surface area (Å²) in [5.74, 6) is 0. The fourth-order valence-electron chi connectivity index (χ4n) is 1.93. The number of nitrogens with one attached hydrogen (secondary N) is 2. The van der Waals surface area contributed by atoms with Gasteiger partial charge in [0.25, 0.3) is 0 Å². The molecule has 2 N–H and O–H groups in total. The van der Waals surface area contributed by atoms with Crippen molar-refractivity contribution in [3.63, 3.8) is 0 Å². The molecule has 0 aliphatic carbocycles. The molecule has 0 spiro atoms. The third-order valence-corrected chi connectivity index (χ3v) is 2.79. The van der Waals surface area contributed by atoms with E-state index in [-0.39, 0.29) is 18.2 Å². The Morgan fingerprint density at radius 1 is 1.45 bits per heavy atom. The summed E-state index contributed by atoms with van der Waals surface area (Å²) in [4.78, 5) is 11.6. The van der Waals surface area contributed by atoms with Crippen LogP contribution in [0.4, 0.5) is 4.79 Å². The van der Waals surface area contributed by atoms with Crippen LogP contribution in [0.25, 0.3) is 0 Å². The van der Waals surface area contributed by atoms with Gasteiger partial charge in [-0.3, -0.25) is 4.68 Å². The van der Waals surface area contributed by atoms with Gasteiger partial charge in [-0.15, -0.1) is 0 Å². The van der Waals surface area contributed by atoms with Crippen LogP contribution in [0.15, 0.2) is 12.3 Å². The highest BCUT2D eigenvalue weighted by atomic mass is 16.6. The van der Waals surface area contributed by atoms with Gasteiger partial charge in [0, 0.05) is 31.9 Å². The predicted molar refractivity (Wildman–Crippen MR) is 78.5 cm³/mol. The van der Waals surface area contributed by atoms with E-state index in [1.54, 1.807) is 6.20 Å². The maximum absolute atomic E-state index is 11.6. The summed E-state index contributed by atoms with van der Waals surface area (Å²) in [7, 11) is 1.91. The summed E-state index contributed by atoms with van der Waals surface area (Å²) < 4.78 is 7.03. The van der Waals surface area contributed by atoms with Gasteiger partial charge in [-0.05, 0) is 40.7 Å². The average Bonchev–Trinajstić information content (AvgIpc) is 2.70. The molecule has 0 aliphatic rings. The first-order chi connectivity index (χ1) is 9.19. The number of hydrogen-bond acceptors (Lipinski definition) is 4. The molecule has 1 rings (SSSR count). The molecule has 0 saturated carbocycles. The molecule has 20 heavy (non-hydrogen) atoms. The fourth-order valence-corrected chi connectivity index (χ4v) is 1.93. The predicted octanol–water partition coefficient (Wildman–Crippen LogP) is 1.98. The van der Waals surface area contributed by atoms with Crippen molar-refractivity contribution in [3.05, 3.63) is 18.0 Å². The van der Waals surface area contributed by atoms with Crippen molar-refractivity contribution < 1.29 is 9.53 Å². The number of alkyl carbamates (subject to hydrolysis) is 1. The van der Waals surface area contributed by atoms with Crippen LogP contribution in [-0.4, -0.2) is 34.1 Å². The van der Waals surface area contributed by atoms with Crippen molar-refractivity contribution in [1.29, 1.82) is 0 Å². The minimum Gasteiger partial charge on any atom is -0.444 e. The lowest BCUT2D eigenvalue weighted by molar-refractivity contribution is 0.0522. The lowest BCUT2D eigenvalue weighted by Crippen LogP contribution is -2.42. The number of nitrogens with zero attached hydrogens (tertiary/aromatic N) is 2. The standard InChI is InChI=1S/C14H26N4O2/c1-10(9-15-13(19)20-14(3,4)5)17-11(2)12-7-8-16-18(12)6/h7-8,10-11,17H,9H2,1-6H3,(H,15,19). The van der Waals surface area contributed by atoms with Crippen LogP contribution in [0.5, 0.6) is 0 Å². The maximum atomic E-state index is 11.6. The van der Waals surface area contributed by atoms with E-state index in [9.17, 15) is 4.79 Å². The molecule has 1 amide bonds. The summed E-state index contributed by atoms with van der Waals surface area (Å²) in [6.45, 7) is 10.1. The Bertz CT molecular complexity index is 437. The van der Waals surface area contributed by atoms with Crippen molar-refractivity contribution in [2.75, 3.05) is 6.54 Å². The van der Waals surface area contributed by atoms with Crippen LogP contribution >= 0.6 is 0 Å². The van der Waals surface area contributed by atoms with Crippen molar-refractivity contribution in [3.8, 4) is 0 Å². The van der Waals surface area contributed by atoms with Crippen LogP contribution in [0.3, 0.4) is 0 Å². The molecule has 6 nitrogen and oxygen atoms in total. The van der Waals surface area contributed by atoms with E-state index in [0.29, 0.717) is 6.54 Å². The number of carbonyl (C=O) groups is 1. The number of ether oxygens (including phenoxy) is 1. The third kappa shape index (κ3) is 5.61. The van der Waals surface area contributed by atoms with Crippen molar-refractivity contribution in [2.45, 2.75) is 52.3 Å². The zero-order chi connectivity index (χ0) is 15.3. The highest BCUT2D eigenvalue weighted by molar-refractivity contribution is 5.67. The molecular formula is C14H26N4O2. The molecule has 2 unspecified atom stereocenters. The van der Waals surface area contributed by atoms with Crippen LogP contribution in [-0.2, 0) is 11.8 Å². The second-order valence-corrected chi connectivity index (χ2v) is 6.05. The van der Waals surface area contributed by atoms with Gasteiger partial charge in [-0.1, -0.05) is 0 Å². The van der Waals surface area contributed by atoms with Gasteiger partial charge in [-0.25, -0.2) is 4.79 Å². The Balaban J connectivity index is 2.35. The minimum absolute atomic E-state index is 0.132. The van der Waals surface area contributed by atoms with Gasteiger partial charge in [0.05, 0.1) is 5.69 Å². The second-order valence-electron chi connectivity index (χ2n) is 6.05. The van der Waals surface area contributed by atoms with Gasteiger partial charge >= 0.3 is 6.09 Å². The van der Waals surface area contributed by atoms with Crippen LogP contribution in [0.2, 0.25) is 0 Å². The fraction of sp³-hybridized carbons (Fsp3) is 0.714. The number of aryl methyl sites for hydroxylation is 1. The molecule has 0 aromatic carbocycles. The summed E-state index contributed by atoms with van der Waals surface area (Å²) in [5, 5.41) is 10.3. The largest absolute Gasteiger partial charge is 0.444 e. The highest BCUT2D eigenvalue weighted by Gasteiger charge is 2.17. The molecule has 0 radical (unpaired) electrons. The first kappa shape index (κ1) is 16.5. The summed E-state index contributed by atoms with van der Waals surface area (Å²) >= 11 is 0. The minimum atomic E-state index is -0.469. The lowest BCUT2D eigenvalue weighted by atomic mass is 10.2. The number of rotatable bonds is 5. The van der Waals surface area contributed by atoms with Crippen molar-refractivity contribution in [1.82, 2.24) is 20.4 Å². The zero-order valence-corrected chi connectivity index (χ0v) is 13.2. The molecule has 1 aromatic rings. The van der Waals surface area contributed by atoms with Gasteiger partial charge in [0.15, 0.2) is 0 Å². The monoisotopic (exact) mass is 282 g/mol. The highest BCUT2D eigenvalue weighted by Crippen LogP contribution is 2.11. The van der Waals surface area contributed by atoms with Gasteiger partial charge in [-0.2, -0.15) is 5.10 Å². The summed E-state index contributed by atoms with van der Waals surface area (Å²) in [6, 6.07) is 2.27. The third-order valence-electron chi connectivity index (χ3n) is 2.79. The van der Waals surface area contributed by atoms with Crippen LogP contribution in [0, 0.1) is 0 Å². The Labute approximate surface area is 120 Å². The Morgan fingerprint density at radius 3 is 2.60 bits per heavy atom. The van der Waals surface area contributed by atoms with E-state index >= 15 is 0 Å². The SMILES string of the molecule is CC(CNC(=O)OC(C)(C)C)NC(C)c1ccnn1C. The molecule has 0 aliphatic heterocycles. The van der Waals surface area contributed by atoms with E-state index in [4.69, 9.17) is 4.74 Å². The van der Waals surface area contributed by atoms with Crippen LogP contribution in [0.1, 0.15) is 46.4 Å². The molecule has 0 bridgehead atoms. The van der Waals surface area contributed by atoms with Crippen molar-refractivity contribution >= 4 is 6.09 Å². The van der Waals surface area contributed by atoms with E-state index in [0.717, 1.165) is 5.69 Å². The van der Waals surface area contributed by atoms with Gasteiger partial charge in [0.1, 0.15) is 5.60 Å². The normalized spacial score (nSPS) is 14.7. The van der Waals surface area contributed by atoms with Crippen molar-refractivity contribution in [2.24, 2.45) is 7.05 Å². The summed E-state index contributed by atoms with van der Waals surface area (Å²) in [6.07, 6.45) is 1.39. The number of amides is 1. The number of carbonyl (C=O) groups excluding carboxylic acids is 1. The van der Waals surface area contributed by atoms with E-state index in [2.05, 4.69) is 22.7 Å². The average molecular weight is 282 g/mol. The number of aromatic nitrogens is 2. The molecule has 1 heterocycles. The molecular weight excluding hydrogens is 256 g/mol. The summed E-state index contributed by atoms with van der Waals surface area (Å²) in [5.41, 5.74) is 0.636. The Kier molecular flexibility index (Phi) is 5.56. The molecule has 0 fully saturated rings. The Hall–Kier alpha value is -1.56. The number of hydrogen-bond donors (Lipinski definition) is 2. The van der Waals surface area contributed by atoms with Gasteiger partial charge in [0.2, 0.25) is 0 Å². The molecule has 0 saturated heterocycles. The van der Waals surface area contributed by atoms with E-state index in [1.165, 1.54) is 0 Å². The topological polar surface area (TPSA) is 68.2 Å². The smallest absolute Gasteiger partial charge is 0.407 e. The second kappa shape index (κ2) is 6.74. The molecule has 114 valence electrons. The van der Waals surface area contributed by atoms with E-state index < -0.39 is 5.60 Å². The van der Waals surface area contributed by atoms with Gasteiger partial charge < -0.3 is 15.4 Å². The first-order valence-electron chi connectivity index (χ1n) is 6.90. The molecule has 6 heteroatoms. The lowest BCUT2D eigenvalue weighted by Gasteiger charge is -2.23. The maximum Gasteiger partial charge on any atom is 0.407 e. The van der Waals surface area contributed by atoms with Crippen LogP contribution < -0.4 is 10.6 Å². The first-order valence-corrected chi connectivity index (χ1v) is 6.90.